The predicted molar refractivity (Wildman–Crippen MR) is 108 cm³/mol. The largest absolute Gasteiger partial charge is 0.493 e. The summed E-state index contributed by atoms with van der Waals surface area (Å²) in [6.45, 7) is 1.90. The van der Waals surface area contributed by atoms with Gasteiger partial charge in [-0.05, 0) is 31.2 Å². The van der Waals surface area contributed by atoms with E-state index in [9.17, 15) is 4.79 Å². The van der Waals surface area contributed by atoms with E-state index in [1.165, 1.54) is 17.6 Å². The smallest absolute Gasteiger partial charge is 0.262 e. The topological polar surface area (TPSA) is 94.1 Å². The van der Waals surface area contributed by atoms with Crippen molar-refractivity contribution in [2.75, 3.05) is 19.2 Å². The molecule has 28 heavy (non-hydrogen) atoms. The molecule has 2 aromatic carbocycles. The number of nitrogens with zero attached hydrogens (tertiary/aromatic N) is 2. The lowest BCUT2D eigenvalue weighted by Gasteiger charge is -2.10. The lowest BCUT2D eigenvalue weighted by atomic mass is 10.2. The number of hydrogen-bond acceptors (Lipinski definition) is 8. The van der Waals surface area contributed by atoms with E-state index < -0.39 is 6.04 Å². The number of hydrogen-bond donors (Lipinski definition) is 2. The second-order valence-corrected chi connectivity index (χ2v) is 7.07. The van der Waals surface area contributed by atoms with Crippen molar-refractivity contribution in [3.63, 3.8) is 0 Å². The molecule has 0 unspecified atom stereocenters. The summed E-state index contributed by atoms with van der Waals surface area (Å²) in [6, 6.07) is 10.8. The number of anilines is 1. The molecule has 2 heterocycles. The Hall–Kier alpha value is -3.33. The highest BCUT2D eigenvalue weighted by Crippen LogP contribution is 2.41. The molecule has 1 aliphatic rings. The number of para-hydroxylation sites is 1. The molecular formula is C19H18N4O4S. The lowest BCUT2D eigenvalue weighted by Crippen LogP contribution is -2.34. The van der Waals surface area contributed by atoms with E-state index in [1.54, 1.807) is 26.2 Å². The van der Waals surface area contributed by atoms with Crippen LogP contribution < -0.4 is 25.0 Å². The van der Waals surface area contributed by atoms with Crippen molar-refractivity contribution in [3.05, 3.63) is 42.0 Å². The number of nitrogens with one attached hydrogen (secondary N) is 2. The van der Waals surface area contributed by atoms with Crippen LogP contribution >= 0.6 is 11.3 Å². The molecule has 0 saturated carbocycles. The van der Waals surface area contributed by atoms with Gasteiger partial charge in [0.15, 0.2) is 16.6 Å². The van der Waals surface area contributed by atoms with Gasteiger partial charge < -0.3 is 19.5 Å². The Morgan fingerprint density at radius 2 is 2.21 bits per heavy atom. The Morgan fingerprint density at radius 3 is 3.04 bits per heavy atom. The van der Waals surface area contributed by atoms with Crippen LogP contribution in [-0.2, 0) is 4.79 Å². The predicted octanol–water partition coefficient (Wildman–Crippen LogP) is 2.98. The maximum Gasteiger partial charge on any atom is 0.262 e. The Labute approximate surface area is 165 Å². The number of benzene rings is 2. The minimum Gasteiger partial charge on any atom is -0.493 e. The highest BCUT2D eigenvalue weighted by atomic mass is 32.1. The molecule has 0 aliphatic carbocycles. The van der Waals surface area contributed by atoms with E-state index in [1.807, 2.05) is 24.3 Å². The summed E-state index contributed by atoms with van der Waals surface area (Å²) in [6.07, 6.45) is 1.52. The van der Waals surface area contributed by atoms with Crippen LogP contribution in [0.1, 0.15) is 12.5 Å². The van der Waals surface area contributed by atoms with Crippen molar-refractivity contribution in [1.29, 1.82) is 0 Å². The quantitative estimate of drug-likeness (QED) is 0.490. The van der Waals surface area contributed by atoms with Gasteiger partial charge in [-0.25, -0.2) is 10.4 Å². The summed E-state index contributed by atoms with van der Waals surface area (Å²) in [4.78, 5) is 16.7. The van der Waals surface area contributed by atoms with Gasteiger partial charge in [-0.15, -0.1) is 0 Å². The van der Waals surface area contributed by atoms with E-state index in [2.05, 4.69) is 20.8 Å². The zero-order chi connectivity index (χ0) is 19.5. The van der Waals surface area contributed by atoms with Crippen LogP contribution in [0.3, 0.4) is 0 Å². The first-order chi connectivity index (χ1) is 13.6. The molecule has 0 radical (unpaired) electrons. The minimum atomic E-state index is -0.496. The van der Waals surface area contributed by atoms with Gasteiger partial charge >= 0.3 is 0 Å². The molecule has 3 aromatic rings. The van der Waals surface area contributed by atoms with Crippen molar-refractivity contribution in [2.45, 2.75) is 13.0 Å². The highest BCUT2D eigenvalue weighted by Gasteiger charge is 2.19. The lowest BCUT2D eigenvalue weighted by molar-refractivity contribution is -0.121. The fraction of sp³-hybridized carbons (Fsp3) is 0.211. The molecule has 0 bridgehead atoms. The van der Waals surface area contributed by atoms with Gasteiger partial charge in [-0.3, -0.25) is 4.79 Å². The molecule has 9 heteroatoms. The molecule has 144 valence electrons. The number of rotatable bonds is 6. The first-order valence-electron chi connectivity index (χ1n) is 8.56. The Morgan fingerprint density at radius 1 is 1.36 bits per heavy atom. The average molecular weight is 398 g/mol. The number of thiazole rings is 1. The van der Waals surface area contributed by atoms with Crippen LogP contribution in [0.25, 0.3) is 10.2 Å². The first-order valence-corrected chi connectivity index (χ1v) is 9.38. The first kappa shape index (κ1) is 18.1. The second kappa shape index (κ2) is 7.73. The molecule has 8 nitrogen and oxygen atoms in total. The third kappa shape index (κ3) is 3.70. The monoisotopic (exact) mass is 398 g/mol. The number of carbonyl (C=O) groups is 1. The minimum absolute atomic E-state index is 0.151. The van der Waals surface area contributed by atoms with Gasteiger partial charge in [0, 0.05) is 5.56 Å². The molecule has 1 aromatic heterocycles. The Balaban J connectivity index is 1.38. The van der Waals surface area contributed by atoms with Gasteiger partial charge in [0.25, 0.3) is 5.91 Å². The third-order valence-electron chi connectivity index (χ3n) is 4.10. The van der Waals surface area contributed by atoms with Gasteiger partial charge in [0.2, 0.25) is 12.5 Å². The number of hydrazone groups is 1. The van der Waals surface area contributed by atoms with Crippen LogP contribution in [0, 0.1) is 0 Å². The van der Waals surface area contributed by atoms with Crippen molar-refractivity contribution in [3.8, 4) is 17.2 Å². The normalized spacial score (nSPS) is 13.6. The maximum absolute atomic E-state index is 12.3. The second-order valence-electron chi connectivity index (χ2n) is 6.04. The molecule has 1 atom stereocenters. The van der Waals surface area contributed by atoms with Gasteiger partial charge in [0.1, 0.15) is 6.04 Å². The fourth-order valence-electron chi connectivity index (χ4n) is 2.68. The SMILES string of the molecule is COc1cc(/C=N\NC(=O)[C@H](C)Nc2nc3ccccc3s2)cc2c1OCO2. The van der Waals surface area contributed by atoms with Crippen LogP contribution in [0.2, 0.25) is 0 Å². The molecule has 0 spiro atoms. The number of fused-ring (bicyclic) bond motifs is 2. The summed E-state index contributed by atoms with van der Waals surface area (Å²) < 4.78 is 17.1. The number of aromatic nitrogens is 1. The molecule has 1 amide bonds. The summed E-state index contributed by atoms with van der Waals surface area (Å²) in [5.41, 5.74) is 4.14. The van der Waals surface area contributed by atoms with Crippen molar-refractivity contribution in [1.82, 2.24) is 10.4 Å². The van der Waals surface area contributed by atoms with E-state index in [4.69, 9.17) is 14.2 Å². The van der Waals surface area contributed by atoms with E-state index >= 15 is 0 Å². The number of ether oxygens (including phenoxy) is 3. The van der Waals surface area contributed by atoms with Gasteiger partial charge in [-0.2, -0.15) is 5.10 Å². The number of carbonyl (C=O) groups excluding carboxylic acids is 1. The van der Waals surface area contributed by atoms with Gasteiger partial charge in [-0.1, -0.05) is 23.5 Å². The zero-order valence-corrected chi connectivity index (χ0v) is 16.1. The fourth-order valence-corrected chi connectivity index (χ4v) is 3.63. The van der Waals surface area contributed by atoms with Crippen LogP contribution in [0.5, 0.6) is 17.2 Å². The number of methoxy groups -OCH3 is 1. The van der Waals surface area contributed by atoms with Crippen molar-refractivity contribution >= 4 is 38.8 Å². The third-order valence-corrected chi connectivity index (χ3v) is 5.06. The van der Waals surface area contributed by atoms with Crippen LogP contribution in [0.4, 0.5) is 5.13 Å². The number of amides is 1. The molecule has 1 aliphatic heterocycles. The zero-order valence-electron chi connectivity index (χ0n) is 15.3. The summed E-state index contributed by atoms with van der Waals surface area (Å²) in [5.74, 6) is 1.42. The van der Waals surface area contributed by atoms with Crippen molar-refractivity contribution in [2.24, 2.45) is 5.10 Å². The van der Waals surface area contributed by atoms with E-state index in [-0.39, 0.29) is 12.7 Å². The Kier molecular flexibility index (Phi) is 4.98. The molecule has 0 fully saturated rings. The summed E-state index contributed by atoms with van der Waals surface area (Å²) >= 11 is 1.50. The molecule has 2 N–H and O–H groups in total. The molecular weight excluding hydrogens is 380 g/mol. The highest BCUT2D eigenvalue weighted by molar-refractivity contribution is 7.22. The van der Waals surface area contributed by atoms with E-state index in [0.29, 0.717) is 27.9 Å². The standard InChI is InChI=1S/C19H18N4O4S/c1-11(21-19-22-13-5-3-4-6-16(13)28-19)18(24)23-20-9-12-7-14(25-2)17-15(8-12)26-10-27-17/h3-9,11H,10H2,1-2H3,(H,21,22)(H,23,24)/b20-9-/t11-/m0/s1. The van der Waals surface area contributed by atoms with Gasteiger partial charge in [0.05, 0.1) is 23.5 Å². The average Bonchev–Trinajstić information content (AvgIpc) is 3.33. The Bertz CT molecular complexity index is 1020. The van der Waals surface area contributed by atoms with Crippen molar-refractivity contribution < 1.29 is 19.0 Å². The van der Waals surface area contributed by atoms with Crippen LogP contribution in [0.15, 0.2) is 41.5 Å². The van der Waals surface area contributed by atoms with Crippen LogP contribution in [-0.4, -0.2) is 37.1 Å². The summed E-state index contributed by atoms with van der Waals surface area (Å²) in [5, 5.41) is 7.80. The van der Waals surface area contributed by atoms with E-state index in [0.717, 1.165) is 10.2 Å². The summed E-state index contributed by atoms with van der Waals surface area (Å²) in [7, 11) is 1.55. The maximum atomic E-state index is 12.3. The molecule has 0 saturated heterocycles. The molecule has 4 rings (SSSR count).